The standard InChI is InChI=1S/C16H17BrN2O/c1-11-14(4-3-5-15(11)17)16(20)19(2)10-12-6-8-13(18)9-7-12/h3-9H,10,18H2,1-2H3. The highest BCUT2D eigenvalue weighted by molar-refractivity contribution is 9.10. The van der Waals surface area contributed by atoms with E-state index in [1.165, 1.54) is 0 Å². The SMILES string of the molecule is Cc1c(Br)cccc1C(=O)N(C)Cc1ccc(N)cc1. The fourth-order valence-corrected chi connectivity index (χ4v) is 2.38. The Hall–Kier alpha value is -1.81. The molecule has 1 amide bonds. The molecule has 0 spiro atoms. The van der Waals surface area contributed by atoms with Gasteiger partial charge in [-0.25, -0.2) is 0 Å². The maximum Gasteiger partial charge on any atom is 0.254 e. The quantitative estimate of drug-likeness (QED) is 0.872. The summed E-state index contributed by atoms with van der Waals surface area (Å²) in [6, 6.07) is 13.2. The fraction of sp³-hybridized carbons (Fsp3) is 0.188. The van der Waals surface area contributed by atoms with E-state index in [2.05, 4.69) is 15.9 Å². The van der Waals surface area contributed by atoms with Crippen molar-refractivity contribution >= 4 is 27.5 Å². The molecule has 104 valence electrons. The first-order valence-electron chi connectivity index (χ1n) is 6.34. The van der Waals surface area contributed by atoms with E-state index in [9.17, 15) is 4.79 Å². The minimum atomic E-state index is 0.0145. The highest BCUT2D eigenvalue weighted by Crippen LogP contribution is 2.21. The molecule has 3 nitrogen and oxygen atoms in total. The number of halogens is 1. The van der Waals surface area contributed by atoms with Gasteiger partial charge in [0.05, 0.1) is 0 Å². The van der Waals surface area contributed by atoms with Crippen LogP contribution >= 0.6 is 15.9 Å². The van der Waals surface area contributed by atoms with Gasteiger partial charge in [0.1, 0.15) is 0 Å². The third kappa shape index (κ3) is 3.20. The predicted octanol–water partition coefficient (Wildman–Crippen LogP) is 3.61. The summed E-state index contributed by atoms with van der Waals surface area (Å²) in [4.78, 5) is 14.2. The van der Waals surface area contributed by atoms with Crippen LogP contribution in [0.15, 0.2) is 46.9 Å². The molecule has 0 heterocycles. The topological polar surface area (TPSA) is 46.3 Å². The first-order valence-corrected chi connectivity index (χ1v) is 7.13. The van der Waals surface area contributed by atoms with Gasteiger partial charge in [-0.2, -0.15) is 0 Å². The van der Waals surface area contributed by atoms with E-state index in [0.29, 0.717) is 6.54 Å². The number of carbonyl (C=O) groups is 1. The summed E-state index contributed by atoms with van der Waals surface area (Å²) in [5, 5.41) is 0. The van der Waals surface area contributed by atoms with E-state index < -0.39 is 0 Å². The molecule has 0 aliphatic carbocycles. The molecular formula is C16H17BrN2O. The van der Waals surface area contributed by atoms with E-state index in [-0.39, 0.29) is 5.91 Å². The van der Waals surface area contributed by atoms with Gasteiger partial charge in [0.2, 0.25) is 0 Å². The van der Waals surface area contributed by atoms with Crippen LogP contribution in [0.3, 0.4) is 0 Å². The first-order chi connectivity index (χ1) is 9.49. The van der Waals surface area contributed by atoms with Crippen molar-refractivity contribution in [3.8, 4) is 0 Å². The third-order valence-corrected chi connectivity index (χ3v) is 4.10. The second kappa shape index (κ2) is 6.09. The number of carbonyl (C=O) groups excluding carboxylic acids is 1. The Morgan fingerprint density at radius 1 is 1.20 bits per heavy atom. The van der Waals surface area contributed by atoms with Gasteiger partial charge in [0.15, 0.2) is 0 Å². The molecule has 0 atom stereocenters. The molecule has 2 aromatic carbocycles. The fourth-order valence-electron chi connectivity index (χ4n) is 2.01. The highest BCUT2D eigenvalue weighted by atomic mass is 79.9. The molecule has 2 aromatic rings. The van der Waals surface area contributed by atoms with Crippen molar-refractivity contribution < 1.29 is 4.79 Å². The molecule has 2 N–H and O–H groups in total. The predicted molar refractivity (Wildman–Crippen MR) is 85.5 cm³/mol. The van der Waals surface area contributed by atoms with Crippen molar-refractivity contribution in [2.75, 3.05) is 12.8 Å². The van der Waals surface area contributed by atoms with Crippen molar-refractivity contribution in [1.29, 1.82) is 0 Å². The van der Waals surface area contributed by atoms with Crippen molar-refractivity contribution in [3.05, 3.63) is 63.6 Å². The van der Waals surface area contributed by atoms with Gasteiger partial charge in [-0.05, 0) is 42.3 Å². The van der Waals surface area contributed by atoms with Crippen LogP contribution in [0.5, 0.6) is 0 Å². The lowest BCUT2D eigenvalue weighted by molar-refractivity contribution is 0.0784. The van der Waals surface area contributed by atoms with E-state index >= 15 is 0 Å². The Morgan fingerprint density at radius 2 is 1.85 bits per heavy atom. The van der Waals surface area contributed by atoms with Gasteiger partial charge >= 0.3 is 0 Å². The first kappa shape index (κ1) is 14.6. The Kier molecular flexibility index (Phi) is 4.45. The van der Waals surface area contributed by atoms with E-state index in [1.54, 1.807) is 11.9 Å². The number of nitrogen functional groups attached to an aromatic ring is 1. The van der Waals surface area contributed by atoms with Gasteiger partial charge in [-0.1, -0.05) is 34.1 Å². The van der Waals surface area contributed by atoms with E-state index in [0.717, 1.165) is 26.9 Å². The summed E-state index contributed by atoms with van der Waals surface area (Å²) < 4.78 is 0.948. The van der Waals surface area contributed by atoms with Crippen molar-refractivity contribution in [2.45, 2.75) is 13.5 Å². The molecule has 0 aliphatic heterocycles. The molecule has 20 heavy (non-hydrogen) atoms. The second-order valence-corrected chi connectivity index (χ2v) is 5.67. The summed E-state index contributed by atoms with van der Waals surface area (Å²) >= 11 is 3.45. The monoisotopic (exact) mass is 332 g/mol. The lowest BCUT2D eigenvalue weighted by Gasteiger charge is -2.19. The summed E-state index contributed by atoms with van der Waals surface area (Å²) in [6.45, 7) is 2.50. The minimum absolute atomic E-state index is 0.0145. The molecular weight excluding hydrogens is 316 g/mol. The molecule has 0 fully saturated rings. The largest absolute Gasteiger partial charge is 0.399 e. The molecule has 0 radical (unpaired) electrons. The van der Waals surface area contributed by atoms with Crippen LogP contribution in [0.1, 0.15) is 21.5 Å². The van der Waals surface area contributed by atoms with E-state index in [4.69, 9.17) is 5.73 Å². The number of amides is 1. The molecule has 0 bridgehead atoms. The Bertz CT molecular complexity index is 623. The van der Waals surface area contributed by atoms with Gasteiger partial charge in [0.25, 0.3) is 5.91 Å². The van der Waals surface area contributed by atoms with Crippen LogP contribution in [-0.2, 0) is 6.54 Å². The number of anilines is 1. The van der Waals surface area contributed by atoms with E-state index in [1.807, 2.05) is 49.4 Å². The van der Waals surface area contributed by atoms with Crippen LogP contribution in [0.25, 0.3) is 0 Å². The Labute approximate surface area is 127 Å². The lowest BCUT2D eigenvalue weighted by atomic mass is 10.1. The molecule has 0 unspecified atom stereocenters. The van der Waals surface area contributed by atoms with Gasteiger partial charge in [-0.3, -0.25) is 4.79 Å². The summed E-state index contributed by atoms with van der Waals surface area (Å²) in [5.74, 6) is 0.0145. The van der Waals surface area contributed by atoms with Crippen molar-refractivity contribution in [1.82, 2.24) is 4.90 Å². The molecule has 0 aliphatic rings. The van der Waals surface area contributed by atoms with Crippen molar-refractivity contribution in [2.24, 2.45) is 0 Å². The summed E-state index contributed by atoms with van der Waals surface area (Å²) in [5.41, 5.74) is 9.12. The van der Waals surface area contributed by atoms with Gasteiger partial charge in [-0.15, -0.1) is 0 Å². The van der Waals surface area contributed by atoms with Crippen LogP contribution in [0, 0.1) is 6.92 Å². The van der Waals surface area contributed by atoms with Crippen LogP contribution in [0.4, 0.5) is 5.69 Å². The Balaban J connectivity index is 2.16. The second-order valence-electron chi connectivity index (χ2n) is 4.82. The lowest BCUT2D eigenvalue weighted by Crippen LogP contribution is -2.26. The average Bonchev–Trinajstić information content (AvgIpc) is 2.43. The van der Waals surface area contributed by atoms with Crippen LogP contribution < -0.4 is 5.73 Å². The maximum absolute atomic E-state index is 12.5. The zero-order chi connectivity index (χ0) is 14.7. The van der Waals surface area contributed by atoms with Crippen LogP contribution in [0.2, 0.25) is 0 Å². The maximum atomic E-state index is 12.5. The number of hydrogen-bond acceptors (Lipinski definition) is 2. The zero-order valence-electron chi connectivity index (χ0n) is 11.6. The number of rotatable bonds is 3. The van der Waals surface area contributed by atoms with Gasteiger partial charge in [0, 0.05) is 29.3 Å². The van der Waals surface area contributed by atoms with Gasteiger partial charge < -0.3 is 10.6 Å². The van der Waals surface area contributed by atoms with Crippen LogP contribution in [-0.4, -0.2) is 17.9 Å². The summed E-state index contributed by atoms with van der Waals surface area (Å²) in [6.07, 6.45) is 0. The molecule has 0 aromatic heterocycles. The van der Waals surface area contributed by atoms with Crippen molar-refractivity contribution in [3.63, 3.8) is 0 Å². The number of benzene rings is 2. The smallest absolute Gasteiger partial charge is 0.254 e. The molecule has 0 saturated heterocycles. The average molecular weight is 333 g/mol. The number of nitrogens with two attached hydrogens (primary N) is 1. The Morgan fingerprint density at radius 3 is 2.50 bits per heavy atom. The normalized spacial score (nSPS) is 10.3. The zero-order valence-corrected chi connectivity index (χ0v) is 13.1. The molecule has 2 rings (SSSR count). The number of hydrogen-bond donors (Lipinski definition) is 1. The third-order valence-electron chi connectivity index (χ3n) is 3.24. The summed E-state index contributed by atoms with van der Waals surface area (Å²) in [7, 11) is 1.80. The molecule has 4 heteroatoms. The minimum Gasteiger partial charge on any atom is -0.399 e. The number of nitrogens with zero attached hydrogens (tertiary/aromatic N) is 1. The molecule has 0 saturated carbocycles. The highest BCUT2D eigenvalue weighted by Gasteiger charge is 2.15.